The van der Waals surface area contributed by atoms with E-state index in [9.17, 15) is 4.79 Å². The van der Waals surface area contributed by atoms with Gasteiger partial charge in [-0.25, -0.2) is 0 Å². The smallest absolute Gasteiger partial charge is 0.223 e. The SMILES string of the molecule is CCN(CC1COc2ccccc2O1)C(=O)CCc1c(C)noc1C. The van der Waals surface area contributed by atoms with Gasteiger partial charge >= 0.3 is 0 Å². The van der Waals surface area contributed by atoms with Crippen molar-refractivity contribution in [1.82, 2.24) is 10.1 Å². The summed E-state index contributed by atoms with van der Waals surface area (Å²) in [5, 5.41) is 3.94. The Morgan fingerprint density at radius 2 is 2.04 bits per heavy atom. The summed E-state index contributed by atoms with van der Waals surface area (Å²) in [5.74, 6) is 2.38. The number of para-hydroxylation sites is 2. The highest BCUT2D eigenvalue weighted by Gasteiger charge is 2.25. The number of carbonyl (C=O) groups is 1. The van der Waals surface area contributed by atoms with E-state index >= 15 is 0 Å². The number of aromatic nitrogens is 1. The number of ether oxygens (including phenoxy) is 2. The van der Waals surface area contributed by atoms with Crippen LogP contribution in [0.15, 0.2) is 28.8 Å². The summed E-state index contributed by atoms with van der Waals surface area (Å²) in [5.41, 5.74) is 1.88. The van der Waals surface area contributed by atoms with Crippen LogP contribution in [0.2, 0.25) is 0 Å². The number of hydrogen-bond donors (Lipinski definition) is 0. The van der Waals surface area contributed by atoms with E-state index < -0.39 is 0 Å². The van der Waals surface area contributed by atoms with E-state index in [1.165, 1.54) is 0 Å². The van der Waals surface area contributed by atoms with Gasteiger partial charge in [0.05, 0.1) is 12.2 Å². The summed E-state index contributed by atoms with van der Waals surface area (Å²) in [7, 11) is 0. The maximum atomic E-state index is 12.6. The van der Waals surface area contributed by atoms with Crippen LogP contribution in [-0.2, 0) is 11.2 Å². The Morgan fingerprint density at radius 1 is 1.28 bits per heavy atom. The van der Waals surface area contributed by atoms with Crippen molar-refractivity contribution in [3.63, 3.8) is 0 Å². The van der Waals surface area contributed by atoms with Crippen molar-refractivity contribution in [2.75, 3.05) is 19.7 Å². The molecule has 2 heterocycles. The van der Waals surface area contributed by atoms with E-state index in [1.807, 2.05) is 49.9 Å². The van der Waals surface area contributed by atoms with Crippen molar-refractivity contribution in [3.8, 4) is 11.5 Å². The molecule has 25 heavy (non-hydrogen) atoms. The predicted octanol–water partition coefficient (Wildman–Crippen LogP) is 2.91. The summed E-state index contributed by atoms with van der Waals surface area (Å²) < 4.78 is 16.8. The minimum atomic E-state index is -0.155. The predicted molar refractivity (Wildman–Crippen MR) is 92.9 cm³/mol. The average molecular weight is 344 g/mol. The first-order valence-corrected chi connectivity index (χ1v) is 8.66. The minimum absolute atomic E-state index is 0.102. The van der Waals surface area contributed by atoms with Crippen LogP contribution in [-0.4, -0.2) is 41.8 Å². The van der Waals surface area contributed by atoms with E-state index in [0.717, 1.165) is 28.5 Å². The molecule has 1 aliphatic rings. The maximum Gasteiger partial charge on any atom is 0.223 e. The number of rotatable bonds is 6. The average Bonchev–Trinajstić information content (AvgIpc) is 2.95. The lowest BCUT2D eigenvalue weighted by Gasteiger charge is -2.31. The lowest BCUT2D eigenvalue weighted by Crippen LogP contribution is -2.43. The molecule has 6 nitrogen and oxygen atoms in total. The highest BCUT2D eigenvalue weighted by molar-refractivity contribution is 5.76. The minimum Gasteiger partial charge on any atom is -0.486 e. The lowest BCUT2D eigenvalue weighted by atomic mass is 10.1. The van der Waals surface area contributed by atoms with Gasteiger partial charge in [0, 0.05) is 18.5 Å². The first-order chi connectivity index (χ1) is 12.1. The molecule has 1 atom stereocenters. The van der Waals surface area contributed by atoms with Crippen molar-refractivity contribution >= 4 is 5.91 Å². The molecule has 6 heteroatoms. The standard InChI is InChI=1S/C19H24N2O4/c1-4-21(19(22)10-9-16-13(2)20-25-14(16)3)11-15-12-23-17-7-5-6-8-18(17)24-15/h5-8,15H,4,9-12H2,1-3H3. The van der Waals surface area contributed by atoms with Crippen molar-refractivity contribution in [3.05, 3.63) is 41.3 Å². The maximum absolute atomic E-state index is 12.6. The first-order valence-electron chi connectivity index (χ1n) is 8.66. The number of fused-ring (bicyclic) bond motifs is 1. The van der Waals surface area contributed by atoms with Crippen molar-refractivity contribution in [2.45, 2.75) is 39.7 Å². The van der Waals surface area contributed by atoms with Crippen LogP contribution in [0.3, 0.4) is 0 Å². The van der Waals surface area contributed by atoms with Crippen LogP contribution in [0.4, 0.5) is 0 Å². The Labute approximate surface area is 147 Å². The number of benzene rings is 1. The highest BCUT2D eigenvalue weighted by Crippen LogP contribution is 2.31. The summed E-state index contributed by atoms with van der Waals surface area (Å²) in [6.45, 7) is 7.36. The molecule has 0 radical (unpaired) electrons. The lowest BCUT2D eigenvalue weighted by molar-refractivity contribution is -0.132. The monoisotopic (exact) mass is 344 g/mol. The van der Waals surface area contributed by atoms with Crippen LogP contribution in [0, 0.1) is 13.8 Å². The van der Waals surface area contributed by atoms with E-state index in [1.54, 1.807) is 0 Å². The Hall–Kier alpha value is -2.50. The molecular weight excluding hydrogens is 320 g/mol. The molecule has 0 bridgehead atoms. The fourth-order valence-electron chi connectivity index (χ4n) is 3.05. The van der Waals surface area contributed by atoms with Gasteiger partial charge in [-0.05, 0) is 39.3 Å². The van der Waals surface area contributed by atoms with Gasteiger partial charge in [0.25, 0.3) is 0 Å². The van der Waals surface area contributed by atoms with E-state index in [0.29, 0.717) is 32.5 Å². The molecule has 0 saturated heterocycles. The van der Waals surface area contributed by atoms with Crippen molar-refractivity contribution < 1.29 is 18.8 Å². The van der Waals surface area contributed by atoms with Crippen molar-refractivity contribution in [1.29, 1.82) is 0 Å². The van der Waals surface area contributed by atoms with Gasteiger partial charge in [0.2, 0.25) is 5.91 Å². The molecule has 1 aliphatic heterocycles. The second-order valence-electron chi connectivity index (χ2n) is 6.23. The third-order valence-corrected chi connectivity index (χ3v) is 4.50. The zero-order valence-electron chi connectivity index (χ0n) is 14.9. The number of amides is 1. The van der Waals surface area contributed by atoms with Crippen LogP contribution in [0.5, 0.6) is 11.5 Å². The highest BCUT2D eigenvalue weighted by atomic mass is 16.6. The molecule has 1 amide bonds. The fraction of sp³-hybridized carbons (Fsp3) is 0.474. The van der Waals surface area contributed by atoms with Gasteiger partial charge in [-0.1, -0.05) is 17.3 Å². The van der Waals surface area contributed by atoms with Gasteiger partial charge < -0.3 is 18.9 Å². The van der Waals surface area contributed by atoms with Gasteiger partial charge in [0.1, 0.15) is 12.4 Å². The summed E-state index contributed by atoms with van der Waals surface area (Å²) >= 11 is 0. The third kappa shape index (κ3) is 3.95. The molecule has 0 fully saturated rings. The zero-order valence-corrected chi connectivity index (χ0v) is 14.9. The topological polar surface area (TPSA) is 64.8 Å². The molecule has 0 aliphatic carbocycles. The number of nitrogens with zero attached hydrogens (tertiary/aromatic N) is 2. The van der Waals surface area contributed by atoms with E-state index in [4.69, 9.17) is 14.0 Å². The Morgan fingerprint density at radius 3 is 2.72 bits per heavy atom. The Kier molecular flexibility index (Phi) is 5.26. The number of likely N-dealkylation sites (N-methyl/N-ethyl adjacent to an activating group) is 1. The molecule has 3 rings (SSSR count). The zero-order chi connectivity index (χ0) is 17.8. The first kappa shape index (κ1) is 17.3. The van der Waals surface area contributed by atoms with Gasteiger partial charge in [-0.15, -0.1) is 0 Å². The second-order valence-corrected chi connectivity index (χ2v) is 6.23. The molecular formula is C19H24N2O4. The summed E-state index contributed by atoms with van der Waals surface area (Å²) in [6, 6.07) is 7.60. The van der Waals surface area contributed by atoms with Gasteiger partial charge in [0.15, 0.2) is 17.6 Å². The van der Waals surface area contributed by atoms with Gasteiger partial charge in [-0.3, -0.25) is 4.79 Å². The number of hydrogen-bond acceptors (Lipinski definition) is 5. The van der Waals surface area contributed by atoms with Crippen LogP contribution >= 0.6 is 0 Å². The summed E-state index contributed by atoms with van der Waals surface area (Å²) in [6.07, 6.45) is 0.917. The van der Waals surface area contributed by atoms with Crippen LogP contribution in [0.1, 0.15) is 30.4 Å². The normalized spacial score (nSPS) is 15.9. The largest absolute Gasteiger partial charge is 0.486 e. The number of aryl methyl sites for hydroxylation is 2. The van der Waals surface area contributed by atoms with Crippen LogP contribution < -0.4 is 9.47 Å². The fourth-order valence-corrected chi connectivity index (χ4v) is 3.05. The molecule has 1 aromatic heterocycles. The molecule has 2 aromatic rings. The second kappa shape index (κ2) is 7.59. The molecule has 134 valence electrons. The van der Waals surface area contributed by atoms with E-state index in [2.05, 4.69) is 5.16 Å². The Bertz CT molecular complexity index is 721. The van der Waals surface area contributed by atoms with Crippen molar-refractivity contribution in [2.24, 2.45) is 0 Å². The number of carbonyl (C=O) groups excluding carboxylic acids is 1. The third-order valence-electron chi connectivity index (χ3n) is 4.50. The van der Waals surface area contributed by atoms with Crippen LogP contribution in [0.25, 0.3) is 0 Å². The quantitative estimate of drug-likeness (QED) is 0.806. The summed E-state index contributed by atoms with van der Waals surface area (Å²) in [4.78, 5) is 14.4. The van der Waals surface area contributed by atoms with Gasteiger partial charge in [-0.2, -0.15) is 0 Å². The molecule has 0 N–H and O–H groups in total. The molecule has 1 unspecified atom stereocenters. The molecule has 0 spiro atoms. The molecule has 0 saturated carbocycles. The van der Waals surface area contributed by atoms with E-state index in [-0.39, 0.29) is 12.0 Å². The Balaban J connectivity index is 1.56. The molecule has 1 aromatic carbocycles.